The first-order valence-corrected chi connectivity index (χ1v) is 6.89. The van der Waals surface area contributed by atoms with Crippen LogP contribution in [0.15, 0.2) is 35.4 Å². The number of para-hydroxylation sites is 1. The fourth-order valence-electron chi connectivity index (χ4n) is 2.06. The molecule has 2 rings (SSSR count). The van der Waals surface area contributed by atoms with Crippen LogP contribution in [0.25, 0.3) is 10.9 Å². The smallest absolute Gasteiger partial charge is 0.305 e. The van der Waals surface area contributed by atoms with E-state index in [0.29, 0.717) is 10.9 Å². The molecule has 1 N–H and O–H groups in total. The van der Waals surface area contributed by atoms with Gasteiger partial charge in [-0.2, -0.15) is 0 Å². The number of aromatic nitrogens is 2. The normalized spacial score (nSPS) is 10.6. The molecule has 0 unspecified atom stereocenters. The first-order chi connectivity index (χ1) is 10.5. The topological polar surface area (TPSA) is 92.5 Å². The Morgan fingerprint density at radius 1 is 1.27 bits per heavy atom. The molecule has 2 aromatic rings. The zero-order chi connectivity index (χ0) is 16.1. The molecular weight excluding hydrogens is 286 g/mol. The second-order valence-corrected chi connectivity index (χ2v) is 4.97. The van der Waals surface area contributed by atoms with Crippen LogP contribution in [0, 0.1) is 0 Å². The standard InChI is InChI=1S/C15H17N3O4/c1-17(8-7-14(20)21)13(19)6-9-18-10-16-12-5-3-2-4-11(12)15(18)22/h2-5,10H,6-9H2,1H3,(H,20,21). The van der Waals surface area contributed by atoms with Crippen molar-refractivity contribution in [2.75, 3.05) is 13.6 Å². The summed E-state index contributed by atoms with van der Waals surface area (Å²) < 4.78 is 1.39. The van der Waals surface area contributed by atoms with Crippen LogP contribution >= 0.6 is 0 Å². The number of benzene rings is 1. The number of aliphatic carboxylic acids is 1. The van der Waals surface area contributed by atoms with Crippen LogP contribution in [-0.2, 0) is 16.1 Å². The van der Waals surface area contributed by atoms with Crippen molar-refractivity contribution >= 4 is 22.8 Å². The third-order valence-electron chi connectivity index (χ3n) is 3.38. The van der Waals surface area contributed by atoms with Crippen LogP contribution in [0.1, 0.15) is 12.8 Å². The van der Waals surface area contributed by atoms with Crippen molar-refractivity contribution in [3.05, 3.63) is 40.9 Å². The summed E-state index contributed by atoms with van der Waals surface area (Å²) in [6.07, 6.45) is 1.45. The molecule has 0 bridgehead atoms. The molecule has 0 aliphatic carbocycles. The number of carbonyl (C=O) groups excluding carboxylic acids is 1. The molecule has 0 aliphatic heterocycles. The van der Waals surface area contributed by atoms with E-state index >= 15 is 0 Å². The van der Waals surface area contributed by atoms with Crippen LogP contribution in [-0.4, -0.2) is 45.0 Å². The lowest BCUT2D eigenvalue weighted by Crippen LogP contribution is -2.31. The van der Waals surface area contributed by atoms with Gasteiger partial charge < -0.3 is 10.0 Å². The number of nitrogens with zero attached hydrogens (tertiary/aromatic N) is 3. The van der Waals surface area contributed by atoms with Crippen molar-refractivity contribution in [1.82, 2.24) is 14.5 Å². The van der Waals surface area contributed by atoms with Gasteiger partial charge in [-0.05, 0) is 12.1 Å². The van der Waals surface area contributed by atoms with Gasteiger partial charge in [0.1, 0.15) is 0 Å². The summed E-state index contributed by atoms with van der Waals surface area (Å²) >= 11 is 0. The summed E-state index contributed by atoms with van der Waals surface area (Å²) in [6, 6.07) is 7.02. The molecule has 116 valence electrons. The lowest BCUT2D eigenvalue weighted by Gasteiger charge is -2.16. The maximum atomic E-state index is 12.2. The summed E-state index contributed by atoms with van der Waals surface area (Å²) in [7, 11) is 1.55. The lowest BCUT2D eigenvalue weighted by atomic mass is 10.2. The zero-order valence-corrected chi connectivity index (χ0v) is 12.2. The average molecular weight is 303 g/mol. The van der Waals surface area contributed by atoms with E-state index in [-0.39, 0.29) is 37.4 Å². The van der Waals surface area contributed by atoms with Gasteiger partial charge in [-0.3, -0.25) is 19.0 Å². The number of rotatable bonds is 6. The fraction of sp³-hybridized carbons (Fsp3) is 0.333. The molecule has 0 saturated carbocycles. The summed E-state index contributed by atoms with van der Waals surface area (Å²) in [5.41, 5.74) is 0.431. The Balaban J connectivity index is 2.02. The highest BCUT2D eigenvalue weighted by molar-refractivity contribution is 5.78. The van der Waals surface area contributed by atoms with Crippen LogP contribution in [0.3, 0.4) is 0 Å². The number of fused-ring (bicyclic) bond motifs is 1. The third-order valence-corrected chi connectivity index (χ3v) is 3.38. The summed E-state index contributed by atoms with van der Waals surface area (Å²) in [5.74, 6) is -1.16. The van der Waals surface area contributed by atoms with E-state index in [1.807, 2.05) is 0 Å². The number of hydrogen-bond donors (Lipinski definition) is 1. The van der Waals surface area contributed by atoms with E-state index in [1.165, 1.54) is 15.8 Å². The van der Waals surface area contributed by atoms with Gasteiger partial charge in [-0.15, -0.1) is 0 Å². The van der Waals surface area contributed by atoms with Gasteiger partial charge >= 0.3 is 5.97 Å². The van der Waals surface area contributed by atoms with Crippen molar-refractivity contribution in [1.29, 1.82) is 0 Å². The zero-order valence-electron chi connectivity index (χ0n) is 12.2. The molecule has 1 aromatic heterocycles. The minimum Gasteiger partial charge on any atom is -0.481 e. The molecule has 0 aliphatic rings. The molecule has 7 heteroatoms. The number of hydrogen-bond acceptors (Lipinski definition) is 4. The Morgan fingerprint density at radius 2 is 2.00 bits per heavy atom. The number of carboxylic acids is 1. The molecule has 1 amide bonds. The van der Waals surface area contributed by atoms with Crippen molar-refractivity contribution in [2.24, 2.45) is 0 Å². The highest BCUT2D eigenvalue weighted by atomic mass is 16.4. The van der Waals surface area contributed by atoms with Crippen LogP contribution in [0.5, 0.6) is 0 Å². The summed E-state index contributed by atoms with van der Waals surface area (Å²) in [6.45, 7) is 0.367. The maximum Gasteiger partial charge on any atom is 0.305 e. The summed E-state index contributed by atoms with van der Waals surface area (Å²) in [5, 5.41) is 9.11. The molecule has 0 saturated heterocycles. The van der Waals surface area contributed by atoms with Crippen LogP contribution in [0.4, 0.5) is 0 Å². The Hall–Kier alpha value is -2.70. The molecule has 0 fully saturated rings. The quantitative estimate of drug-likeness (QED) is 0.849. The van der Waals surface area contributed by atoms with E-state index in [9.17, 15) is 14.4 Å². The molecule has 22 heavy (non-hydrogen) atoms. The van der Waals surface area contributed by atoms with Gasteiger partial charge in [0.05, 0.1) is 23.7 Å². The average Bonchev–Trinajstić information content (AvgIpc) is 2.51. The third kappa shape index (κ3) is 3.69. The Bertz CT molecular complexity index is 754. The summed E-state index contributed by atoms with van der Waals surface area (Å²) in [4.78, 5) is 40.2. The first kappa shape index (κ1) is 15.7. The second-order valence-electron chi connectivity index (χ2n) is 4.97. The van der Waals surface area contributed by atoms with E-state index in [0.717, 1.165) is 0 Å². The number of aryl methyl sites for hydroxylation is 1. The lowest BCUT2D eigenvalue weighted by molar-refractivity contribution is -0.138. The predicted molar refractivity (Wildman–Crippen MR) is 80.5 cm³/mol. The van der Waals surface area contributed by atoms with Gasteiger partial charge in [-0.1, -0.05) is 12.1 Å². The monoisotopic (exact) mass is 303 g/mol. The number of amides is 1. The Morgan fingerprint density at radius 3 is 2.73 bits per heavy atom. The fourth-order valence-corrected chi connectivity index (χ4v) is 2.06. The second kappa shape index (κ2) is 6.84. The SMILES string of the molecule is CN(CCC(=O)O)C(=O)CCn1cnc2ccccc2c1=O. The Labute approximate surface area is 126 Å². The first-order valence-electron chi connectivity index (χ1n) is 6.89. The minimum atomic E-state index is -0.949. The van der Waals surface area contributed by atoms with Gasteiger partial charge in [0.15, 0.2) is 0 Å². The van der Waals surface area contributed by atoms with E-state index in [2.05, 4.69) is 4.98 Å². The van der Waals surface area contributed by atoms with Crippen molar-refractivity contribution in [3.8, 4) is 0 Å². The molecular formula is C15H17N3O4. The predicted octanol–water partition coefficient (Wildman–Crippen LogP) is 0.720. The van der Waals surface area contributed by atoms with Crippen molar-refractivity contribution in [2.45, 2.75) is 19.4 Å². The Kier molecular flexibility index (Phi) is 4.88. The van der Waals surface area contributed by atoms with Gasteiger partial charge in [0.2, 0.25) is 5.91 Å². The van der Waals surface area contributed by atoms with Gasteiger partial charge in [0, 0.05) is 26.6 Å². The largest absolute Gasteiger partial charge is 0.481 e. The molecule has 1 heterocycles. The molecule has 1 aromatic carbocycles. The van der Waals surface area contributed by atoms with E-state index in [4.69, 9.17) is 5.11 Å². The maximum absolute atomic E-state index is 12.2. The number of carbonyl (C=O) groups is 2. The molecule has 7 nitrogen and oxygen atoms in total. The highest BCUT2D eigenvalue weighted by Crippen LogP contribution is 2.05. The van der Waals surface area contributed by atoms with E-state index < -0.39 is 5.97 Å². The van der Waals surface area contributed by atoms with Crippen molar-refractivity contribution < 1.29 is 14.7 Å². The van der Waals surface area contributed by atoms with Crippen molar-refractivity contribution in [3.63, 3.8) is 0 Å². The van der Waals surface area contributed by atoms with Gasteiger partial charge in [0.25, 0.3) is 5.56 Å². The van der Waals surface area contributed by atoms with Crippen LogP contribution < -0.4 is 5.56 Å². The van der Waals surface area contributed by atoms with Crippen LogP contribution in [0.2, 0.25) is 0 Å². The highest BCUT2D eigenvalue weighted by Gasteiger charge is 2.11. The van der Waals surface area contributed by atoms with E-state index in [1.54, 1.807) is 31.3 Å². The minimum absolute atomic E-state index is 0.0975. The number of carboxylic acid groups (broad SMARTS) is 1. The molecule has 0 spiro atoms. The molecule has 0 atom stereocenters. The van der Waals surface area contributed by atoms with Gasteiger partial charge in [-0.25, -0.2) is 4.98 Å². The molecule has 0 radical (unpaired) electrons.